The third kappa shape index (κ3) is 4.06. The molecule has 0 spiro atoms. The van der Waals surface area contributed by atoms with Gasteiger partial charge in [-0.05, 0) is 29.6 Å². The number of carbonyl (C=O) groups is 1. The van der Waals surface area contributed by atoms with Gasteiger partial charge in [0.25, 0.3) is 0 Å². The maximum Gasteiger partial charge on any atom is 0.250 e. The number of carbonyl (C=O) groups excluding carboxylic acids is 1. The molecule has 2 rings (SSSR count). The SMILES string of the molecule is COc1ccc(NC(C)=O)cc1CNS(=O)(=O)c1cccs1. The van der Waals surface area contributed by atoms with Crippen molar-refractivity contribution in [2.45, 2.75) is 17.7 Å². The molecule has 2 N–H and O–H groups in total. The van der Waals surface area contributed by atoms with Crippen molar-refractivity contribution in [3.8, 4) is 5.75 Å². The van der Waals surface area contributed by atoms with Gasteiger partial charge in [-0.3, -0.25) is 4.79 Å². The number of benzene rings is 1. The molecule has 0 saturated carbocycles. The lowest BCUT2D eigenvalue weighted by Gasteiger charge is -2.12. The van der Waals surface area contributed by atoms with Gasteiger partial charge >= 0.3 is 0 Å². The molecule has 8 heteroatoms. The zero-order valence-electron chi connectivity index (χ0n) is 12.1. The van der Waals surface area contributed by atoms with Gasteiger partial charge < -0.3 is 10.1 Å². The molecular weight excluding hydrogens is 324 g/mol. The predicted octanol–water partition coefficient (Wildman–Crippen LogP) is 2.19. The Morgan fingerprint density at radius 3 is 2.68 bits per heavy atom. The van der Waals surface area contributed by atoms with Crippen molar-refractivity contribution in [3.05, 3.63) is 41.3 Å². The molecule has 0 aliphatic rings. The minimum atomic E-state index is -3.55. The first-order valence-corrected chi connectivity index (χ1v) is 8.76. The quantitative estimate of drug-likeness (QED) is 0.844. The van der Waals surface area contributed by atoms with E-state index in [0.717, 1.165) is 11.3 Å². The Labute approximate surface area is 133 Å². The van der Waals surface area contributed by atoms with Crippen LogP contribution in [0.2, 0.25) is 0 Å². The number of amides is 1. The number of thiophene rings is 1. The van der Waals surface area contributed by atoms with Crippen LogP contribution in [0.15, 0.2) is 39.9 Å². The first-order valence-electron chi connectivity index (χ1n) is 6.40. The van der Waals surface area contributed by atoms with Crippen LogP contribution in [0.25, 0.3) is 0 Å². The maximum atomic E-state index is 12.1. The average molecular weight is 340 g/mol. The van der Waals surface area contributed by atoms with Crippen molar-refractivity contribution >= 4 is 33.0 Å². The molecule has 1 heterocycles. The first-order chi connectivity index (χ1) is 10.4. The molecule has 2 aromatic rings. The number of hydrogen-bond acceptors (Lipinski definition) is 5. The van der Waals surface area contributed by atoms with E-state index in [9.17, 15) is 13.2 Å². The van der Waals surface area contributed by atoms with Crippen LogP contribution >= 0.6 is 11.3 Å². The van der Waals surface area contributed by atoms with Gasteiger partial charge in [0.1, 0.15) is 9.96 Å². The van der Waals surface area contributed by atoms with E-state index in [2.05, 4.69) is 10.0 Å². The second-order valence-electron chi connectivity index (χ2n) is 4.46. The molecule has 0 fully saturated rings. The van der Waals surface area contributed by atoms with Crippen LogP contribution < -0.4 is 14.8 Å². The fraction of sp³-hybridized carbons (Fsp3) is 0.214. The van der Waals surface area contributed by atoms with Crippen LogP contribution in [0.5, 0.6) is 5.75 Å². The molecule has 22 heavy (non-hydrogen) atoms. The van der Waals surface area contributed by atoms with E-state index in [1.54, 1.807) is 29.6 Å². The lowest BCUT2D eigenvalue weighted by molar-refractivity contribution is -0.114. The Balaban J connectivity index is 2.19. The van der Waals surface area contributed by atoms with Gasteiger partial charge in [0.2, 0.25) is 15.9 Å². The van der Waals surface area contributed by atoms with Crippen LogP contribution in [0.1, 0.15) is 12.5 Å². The van der Waals surface area contributed by atoms with E-state index < -0.39 is 10.0 Å². The monoisotopic (exact) mass is 340 g/mol. The minimum absolute atomic E-state index is 0.0663. The number of hydrogen-bond donors (Lipinski definition) is 2. The Bertz CT molecular complexity index is 755. The van der Waals surface area contributed by atoms with Gasteiger partial charge in [-0.1, -0.05) is 6.07 Å². The van der Waals surface area contributed by atoms with E-state index in [1.807, 2.05) is 0 Å². The summed E-state index contributed by atoms with van der Waals surface area (Å²) in [5.74, 6) is 0.346. The average Bonchev–Trinajstić information content (AvgIpc) is 3.00. The highest BCUT2D eigenvalue weighted by atomic mass is 32.2. The summed E-state index contributed by atoms with van der Waals surface area (Å²) in [6, 6.07) is 8.27. The number of rotatable bonds is 6. The van der Waals surface area contributed by atoms with E-state index >= 15 is 0 Å². The molecule has 0 aliphatic heterocycles. The first kappa shape index (κ1) is 16.5. The van der Waals surface area contributed by atoms with Crippen LogP contribution in [-0.4, -0.2) is 21.4 Å². The summed E-state index contributed by atoms with van der Waals surface area (Å²) in [5.41, 5.74) is 1.22. The van der Waals surface area contributed by atoms with Crippen molar-refractivity contribution in [1.29, 1.82) is 0 Å². The number of ether oxygens (including phenoxy) is 1. The van der Waals surface area contributed by atoms with E-state index in [4.69, 9.17) is 4.74 Å². The summed E-state index contributed by atoms with van der Waals surface area (Å²) in [5, 5.41) is 4.35. The topological polar surface area (TPSA) is 84.5 Å². The smallest absolute Gasteiger partial charge is 0.250 e. The highest BCUT2D eigenvalue weighted by Gasteiger charge is 2.16. The highest BCUT2D eigenvalue weighted by molar-refractivity contribution is 7.91. The van der Waals surface area contributed by atoms with E-state index in [0.29, 0.717) is 17.0 Å². The van der Waals surface area contributed by atoms with Gasteiger partial charge in [0.15, 0.2) is 0 Å². The summed E-state index contributed by atoms with van der Waals surface area (Å²) in [6.45, 7) is 1.47. The third-order valence-corrected chi connectivity index (χ3v) is 5.61. The molecule has 0 atom stereocenters. The number of nitrogens with one attached hydrogen (secondary N) is 2. The molecule has 0 bridgehead atoms. The molecule has 1 aromatic carbocycles. The van der Waals surface area contributed by atoms with Gasteiger partial charge in [0, 0.05) is 24.7 Å². The molecule has 0 radical (unpaired) electrons. The van der Waals surface area contributed by atoms with E-state index in [-0.39, 0.29) is 16.7 Å². The maximum absolute atomic E-state index is 12.1. The normalized spacial score (nSPS) is 11.2. The Morgan fingerprint density at radius 2 is 2.09 bits per heavy atom. The van der Waals surface area contributed by atoms with Gasteiger partial charge in [-0.15, -0.1) is 11.3 Å². The highest BCUT2D eigenvalue weighted by Crippen LogP contribution is 2.23. The molecule has 1 aromatic heterocycles. The zero-order valence-corrected chi connectivity index (χ0v) is 13.8. The van der Waals surface area contributed by atoms with Gasteiger partial charge in [-0.2, -0.15) is 0 Å². The van der Waals surface area contributed by atoms with Crippen molar-refractivity contribution in [2.75, 3.05) is 12.4 Å². The van der Waals surface area contributed by atoms with E-state index in [1.165, 1.54) is 20.1 Å². The number of anilines is 1. The fourth-order valence-corrected chi connectivity index (χ4v) is 3.90. The summed E-state index contributed by atoms with van der Waals surface area (Å²) in [6.07, 6.45) is 0. The summed E-state index contributed by atoms with van der Waals surface area (Å²) in [4.78, 5) is 11.1. The third-order valence-electron chi connectivity index (χ3n) is 2.81. The van der Waals surface area contributed by atoms with Crippen molar-refractivity contribution in [1.82, 2.24) is 4.72 Å². The largest absolute Gasteiger partial charge is 0.496 e. The summed E-state index contributed by atoms with van der Waals surface area (Å²) >= 11 is 1.15. The Hall–Kier alpha value is -1.90. The predicted molar refractivity (Wildman–Crippen MR) is 85.6 cm³/mol. The number of methoxy groups -OCH3 is 1. The summed E-state index contributed by atoms with van der Waals surface area (Å²) in [7, 11) is -2.05. The number of sulfonamides is 1. The van der Waals surface area contributed by atoms with Gasteiger partial charge in [0.05, 0.1) is 7.11 Å². The van der Waals surface area contributed by atoms with Crippen LogP contribution in [0.4, 0.5) is 5.69 Å². The van der Waals surface area contributed by atoms with Crippen molar-refractivity contribution < 1.29 is 17.9 Å². The molecule has 0 unspecified atom stereocenters. The van der Waals surface area contributed by atoms with Crippen LogP contribution in [0.3, 0.4) is 0 Å². The Kier molecular flexibility index (Phi) is 5.17. The molecular formula is C14H16N2O4S2. The standard InChI is InChI=1S/C14H16N2O4S2/c1-10(17)16-12-5-6-13(20-2)11(8-12)9-15-22(18,19)14-4-3-7-21-14/h3-8,15H,9H2,1-2H3,(H,16,17). The zero-order chi connectivity index (χ0) is 16.2. The summed E-state index contributed by atoms with van der Waals surface area (Å²) < 4.78 is 32.2. The molecule has 1 amide bonds. The molecule has 6 nitrogen and oxygen atoms in total. The minimum Gasteiger partial charge on any atom is -0.496 e. The van der Waals surface area contributed by atoms with Crippen molar-refractivity contribution in [3.63, 3.8) is 0 Å². The lowest BCUT2D eigenvalue weighted by Crippen LogP contribution is -2.22. The van der Waals surface area contributed by atoms with Gasteiger partial charge in [-0.25, -0.2) is 13.1 Å². The van der Waals surface area contributed by atoms with Crippen LogP contribution in [-0.2, 0) is 21.4 Å². The molecule has 0 aliphatic carbocycles. The molecule has 0 saturated heterocycles. The second-order valence-corrected chi connectivity index (χ2v) is 7.41. The van der Waals surface area contributed by atoms with Crippen LogP contribution in [0, 0.1) is 0 Å². The molecule has 118 valence electrons. The Morgan fingerprint density at radius 1 is 1.32 bits per heavy atom. The van der Waals surface area contributed by atoms with Crippen molar-refractivity contribution in [2.24, 2.45) is 0 Å². The fourth-order valence-electron chi connectivity index (χ4n) is 1.86. The second kappa shape index (κ2) is 6.91. The lowest BCUT2D eigenvalue weighted by atomic mass is 10.2.